The van der Waals surface area contributed by atoms with Crippen LogP contribution in [-0.2, 0) is 4.79 Å². The van der Waals surface area contributed by atoms with Gasteiger partial charge in [0, 0.05) is 17.3 Å². The van der Waals surface area contributed by atoms with E-state index in [0.717, 1.165) is 33.8 Å². The number of para-hydroxylation sites is 1. The van der Waals surface area contributed by atoms with E-state index in [1.54, 1.807) is 4.90 Å². The van der Waals surface area contributed by atoms with Crippen molar-refractivity contribution in [2.24, 2.45) is 0 Å². The maximum absolute atomic E-state index is 13.5. The number of hydrogen-bond donors (Lipinski definition) is 0. The average molecular weight is 512 g/mol. The number of carbonyl (C=O) groups is 1. The standard InChI is InChI=1S/C29H25N3O2S2/c1-3-34-25-16-10-13-22(17-25)27-23(19-31(30-27)24-14-8-5-9-15-24)18-26-28(33)32(29(35)36-26)20(2)21-11-6-4-7-12-21/h4-20H,3H2,1-2H3/b26-18-. The normalized spacial score (nSPS) is 15.5. The third-order valence-electron chi connectivity index (χ3n) is 5.96. The Hall–Kier alpha value is -3.68. The van der Waals surface area contributed by atoms with Gasteiger partial charge in [-0.2, -0.15) is 5.10 Å². The quantitative estimate of drug-likeness (QED) is 0.199. The Morgan fingerprint density at radius 3 is 2.47 bits per heavy atom. The lowest BCUT2D eigenvalue weighted by Gasteiger charge is -2.23. The maximum atomic E-state index is 13.5. The number of aromatic nitrogens is 2. The largest absolute Gasteiger partial charge is 0.494 e. The summed E-state index contributed by atoms with van der Waals surface area (Å²) in [5.74, 6) is 0.682. The minimum absolute atomic E-state index is 0.0946. The number of amides is 1. The molecule has 1 aliphatic rings. The molecule has 0 N–H and O–H groups in total. The molecule has 0 radical (unpaired) electrons. The van der Waals surface area contributed by atoms with E-state index in [4.69, 9.17) is 22.1 Å². The van der Waals surface area contributed by atoms with Gasteiger partial charge in [0.2, 0.25) is 0 Å². The van der Waals surface area contributed by atoms with Gasteiger partial charge in [-0.25, -0.2) is 4.68 Å². The second kappa shape index (κ2) is 10.5. The summed E-state index contributed by atoms with van der Waals surface area (Å²) in [4.78, 5) is 15.8. The van der Waals surface area contributed by atoms with Crippen molar-refractivity contribution in [2.75, 3.05) is 6.61 Å². The van der Waals surface area contributed by atoms with Crippen molar-refractivity contribution in [3.63, 3.8) is 0 Å². The zero-order valence-electron chi connectivity index (χ0n) is 20.0. The molecule has 7 heteroatoms. The van der Waals surface area contributed by atoms with Gasteiger partial charge in [0.1, 0.15) is 15.8 Å². The molecular formula is C29H25N3O2S2. The van der Waals surface area contributed by atoms with Crippen LogP contribution in [0.1, 0.15) is 31.0 Å². The Morgan fingerprint density at radius 2 is 1.75 bits per heavy atom. The van der Waals surface area contributed by atoms with Crippen LogP contribution in [0.4, 0.5) is 0 Å². The number of carbonyl (C=O) groups excluding carboxylic acids is 1. The van der Waals surface area contributed by atoms with E-state index in [2.05, 4.69) is 0 Å². The van der Waals surface area contributed by atoms with Crippen molar-refractivity contribution in [3.8, 4) is 22.7 Å². The van der Waals surface area contributed by atoms with Gasteiger partial charge in [-0.15, -0.1) is 0 Å². The van der Waals surface area contributed by atoms with E-state index in [0.29, 0.717) is 15.8 Å². The molecule has 1 unspecified atom stereocenters. The molecule has 1 aromatic heterocycles. The zero-order chi connectivity index (χ0) is 25.1. The van der Waals surface area contributed by atoms with Gasteiger partial charge in [0.05, 0.1) is 23.2 Å². The second-order valence-corrected chi connectivity index (χ2v) is 9.99. The summed E-state index contributed by atoms with van der Waals surface area (Å²) in [5.41, 5.74) is 4.49. The summed E-state index contributed by atoms with van der Waals surface area (Å²) in [7, 11) is 0. The molecule has 0 spiro atoms. The van der Waals surface area contributed by atoms with E-state index in [-0.39, 0.29) is 11.9 Å². The molecule has 180 valence electrons. The first-order valence-corrected chi connectivity index (χ1v) is 13.0. The van der Waals surface area contributed by atoms with Gasteiger partial charge in [-0.1, -0.05) is 84.6 Å². The van der Waals surface area contributed by atoms with Crippen LogP contribution in [0.15, 0.2) is 96.0 Å². The van der Waals surface area contributed by atoms with Crippen LogP contribution in [-0.4, -0.2) is 31.5 Å². The molecule has 1 saturated heterocycles. The fourth-order valence-corrected chi connectivity index (χ4v) is 5.58. The summed E-state index contributed by atoms with van der Waals surface area (Å²) < 4.78 is 8.10. The molecule has 3 aromatic carbocycles. The summed E-state index contributed by atoms with van der Waals surface area (Å²) in [6.07, 6.45) is 3.84. The number of nitrogens with zero attached hydrogens (tertiary/aromatic N) is 3. The van der Waals surface area contributed by atoms with Gasteiger partial charge in [0.15, 0.2) is 0 Å². The molecule has 1 atom stereocenters. The van der Waals surface area contributed by atoms with Crippen LogP contribution in [0.3, 0.4) is 0 Å². The highest BCUT2D eigenvalue weighted by Gasteiger charge is 2.36. The van der Waals surface area contributed by atoms with Crippen molar-refractivity contribution >= 4 is 40.3 Å². The molecule has 2 heterocycles. The molecule has 0 aliphatic carbocycles. The number of benzene rings is 3. The van der Waals surface area contributed by atoms with Gasteiger partial charge in [-0.05, 0) is 49.8 Å². The third-order valence-corrected chi connectivity index (χ3v) is 7.29. The summed E-state index contributed by atoms with van der Waals surface area (Å²) in [6.45, 7) is 4.54. The number of thioether (sulfide) groups is 1. The Labute approximate surface area is 220 Å². The smallest absolute Gasteiger partial charge is 0.266 e. The van der Waals surface area contributed by atoms with Crippen LogP contribution in [0, 0.1) is 0 Å². The van der Waals surface area contributed by atoms with Gasteiger partial charge < -0.3 is 4.74 Å². The fourth-order valence-electron chi connectivity index (χ4n) is 4.17. The van der Waals surface area contributed by atoms with E-state index < -0.39 is 0 Å². The lowest BCUT2D eigenvalue weighted by atomic mass is 10.1. The molecule has 36 heavy (non-hydrogen) atoms. The molecule has 5 nitrogen and oxygen atoms in total. The molecule has 1 aliphatic heterocycles. The van der Waals surface area contributed by atoms with Crippen LogP contribution in [0.2, 0.25) is 0 Å². The SMILES string of the molecule is CCOc1cccc(-c2nn(-c3ccccc3)cc2/C=C2\SC(=S)N(C(C)c3ccccc3)C2=O)c1. The average Bonchev–Trinajstić information content (AvgIpc) is 3.45. The highest BCUT2D eigenvalue weighted by molar-refractivity contribution is 8.26. The van der Waals surface area contributed by atoms with E-state index in [1.807, 2.05) is 116 Å². The van der Waals surface area contributed by atoms with Crippen LogP contribution in [0.5, 0.6) is 5.75 Å². The monoisotopic (exact) mass is 511 g/mol. The van der Waals surface area contributed by atoms with Crippen molar-refractivity contribution in [3.05, 3.63) is 107 Å². The fraction of sp³-hybridized carbons (Fsp3) is 0.138. The zero-order valence-corrected chi connectivity index (χ0v) is 21.6. The first kappa shape index (κ1) is 24.0. The Morgan fingerprint density at radius 1 is 1.03 bits per heavy atom. The topological polar surface area (TPSA) is 47.4 Å². The Kier molecular flexibility index (Phi) is 7.02. The van der Waals surface area contributed by atoms with E-state index in [9.17, 15) is 4.79 Å². The highest BCUT2D eigenvalue weighted by Crippen LogP contribution is 2.39. The van der Waals surface area contributed by atoms with Crippen molar-refractivity contribution in [1.82, 2.24) is 14.7 Å². The molecular weight excluding hydrogens is 486 g/mol. The molecule has 0 bridgehead atoms. The van der Waals surface area contributed by atoms with Gasteiger partial charge in [-0.3, -0.25) is 9.69 Å². The van der Waals surface area contributed by atoms with Crippen LogP contribution < -0.4 is 4.74 Å². The van der Waals surface area contributed by atoms with Crippen LogP contribution >= 0.6 is 24.0 Å². The first-order chi connectivity index (χ1) is 17.5. The summed E-state index contributed by atoms with van der Waals surface area (Å²) in [5, 5.41) is 4.89. The first-order valence-electron chi connectivity index (χ1n) is 11.8. The highest BCUT2D eigenvalue weighted by atomic mass is 32.2. The summed E-state index contributed by atoms with van der Waals surface area (Å²) >= 11 is 6.96. The van der Waals surface area contributed by atoms with E-state index >= 15 is 0 Å². The predicted octanol–water partition coefficient (Wildman–Crippen LogP) is 6.90. The third kappa shape index (κ3) is 4.85. The second-order valence-electron chi connectivity index (χ2n) is 8.31. The van der Waals surface area contributed by atoms with Gasteiger partial charge in [0.25, 0.3) is 5.91 Å². The molecule has 4 aromatic rings. The number of rotatable bonds is 7. The lowest BCUT2D eigenvalue weighted by molar-refractivity contribution is -0.123. The molecule has 1 amide bonds. The number of thiocarbonyl (C=S) groups is 1. The van der Waals surface area contributed by atoms with Crippen molar-refractivity contribution < 1.29 is 9.53 Å². The molecule has 1 fully saturated rings. The minimum atomic E-state index is -0.154. The van der Waals surface area contributed by atoms with Crippen molar-refractivity contribution in [2.45, 2.75) is 19.9 Å². The molecule has 5 rings (SSSR count). The van der Waals surface area contributed by atoms with E-state index in [1.165, 1.54) is 11.8 Å². The Bertz CT molecular complexity index is 1430. The summed E-state index contributed by atoms with van der Waals surface area (Å²) in [6, 6.07) is 27.6. The predicted molar refractivity (Wildman–Crippen MR) is 150 cm³/mol. The van der Waals surface area contributed by atoms with Gasteiger partial charge >= 0.3 is 0 Å². The number of hydrogen-bond acceptors (Lipinski definition) is 5. The van der Waals surface area contributed by atoms with Crippen molar-refractivity contribution in [1.29, 1.82) is 0 Å². The number of ether oxygens (including phenoxy) is 1. The minimum Gasteiger partial charge on any atom is -0.494 e. The lowest BCUT2D eigenvalue weighted by Crippen LogP contribution is -2.30. The maximum Gasteiger partial charge on any atom is 0.266 e. The van der Waals surface area contributed by atoms with Crippen LogP contribution in [0.25, 0.3) is 23.0 Å². The molecule has 0 saturated carbocycles. The Balaban J connectivity index is 1.55.